The zero-order chi connectivity index (χ0) is 20.2. The molecule has 7 heteroatoms. The van der Waals surface area contributed by atoms with E-state index in [1.165, 1.54) is 23.5 Å². The van der Waals surface area contributed by atoms with Gasteiger partial charge in [0.2, 0.25) is 10.0 Å². The molecule has 0 N–H and O–H groups in total. The molecule has 0 spiro atoms. The molecule has 0 atom stereocenters. The second-order valence-electron chi connectivity index (χ2n) is 6.46. The van der Waals surface area contributed by atoms with E-state index in [0.717, 1.165) is 11.3 Å². The predicted molar refractivity (Wildman–Crippen MR) is 107 cm³/mol. The fourth-order valence-corrected chi connectivity index (χ4v) is 4.44. The number of carbonyl (C=O) groups is 1. The van der Waals surface area contributed by atoms with Gasteiger partial charge in [-0.25, -0.2) is 13.2 Å². The van der Waals surface area contributed by atoms with Crippen LogP contribution < -0.4 is 4.90 Å². The third kappa shape index (κ3) is 4.67. The van der Waals surface area contributed by atoms with Gasteiger partial charge in [-0.3, -0.25) is 0 Å². The molecule has 0 fully saturated rings. The Balaban J connectivity index is 2.31. The van der Waals surface area contributed by atoms with Crippen LogP contribution in [0.15, 0.2) is 47.4 Å². The van der Waals surface area contributed by atoms with Crippen molar-refractivity contribution < 1.29 is 17.9 Å². The van der Waals surface area contributed by atoms with Gasteiger partial charge in [-0.2, -0.15) is 4.31 Å². The lowest BCUT2D eigenvalue weighted by atomic mass is 10.1. The van der Waals surface area contributed by atoms with E-state index in [1.807, 2.05) is 50.2 Å². The summed E-state index contributed by atoms with van der Waals surface area (Å²) >= 11 is 0. The van der Waals surface area contributed by atoms with Gasteiger partial charge in [0.15, 0.2) is 0 Å². The van der Waals surface area contributed by atoms with Crippen LogP contribution in [0.5, 0.6) is 0 Å². The Morgan fingerprint density at radius 3 is 2.19 bits per heavy atom. The number of sulfonamides is 1. The summed E-state index contributed by atoms with van der Waals surface area (Å²) in [5.74, 6) is -0.490. The number of esters is 1. The zero-order valence-electron chi connectivity index (χ0n) is 16.4. The van der Waals surface area contributed by atoms with E-state index in [2.05, 4.69) is 4.74 Å². The summed E-state index contributed by atoms with van der Waals surface area (Å²) in [7, 11) is 1.52. The van der Waals surface area contributed by atoms with Crippen LogP contribution in [0.25, 0.3) is 0 Å². The third-order valence-electron chi connectivity index (χ3n) is 4.38. The van der Waals surface area contributed by atoms with Gasteiger partial charge in [-0.15, -0.1) is 0 Å². The average molecular weight is 391 g/mol. The van der Waals surface area contributed by atoms with Crippen molar-refractivity contribution in [3.05, 3.63) is 59.2 Å². The molecule has 0 saturated carbocycles. The smallest absolute Gasteiger partial charge is 0.337 e. The van der Waals surface area contributed by atoms with E-state index < -0.39 is 16.0 Å². The fourth-order valence-electron chi connectivity index (χ4n) is 2.79. The van der Waals surface area contributed by atoms with E-state index in [0.29, 0.717) is 17.7 Å². The molecule has 0 heterocycles. The topological polar surface area (TPSA) is 66.9 Å². The maximum atomic E-state index is 13.1. The molecular formula is C20H26N2O4S. The Morgan fingerprint density at radius 1 is 1.07 bits per heavy atom. The first-order chi connectivity index (χ1) is 12.7. The molecule has 0 saturated heterocycles. The number of hydrogen-bond donors (Lipinski definition) is 0. The highest BCUT2D eigenvalue weighted by molar-refractivity contribution is 7.89. The Kier molecular flexibility index (Phi) is 6.62. The van der Waals surface area contributed by atoms with E-state index in [-0.39, 0.29) is 11.4 Å². The molecule has 0 aromatic heterocycles. The van der Waals surface area contributed by atoms with Crippen LogP contribution >= 0.6 is 0 Å². The number of ether oxygens (including phenoxy) is 1. The lowest BCUT2D eigenvalue weighted by molar-refractivity contribution is 0.0600. The number of rotatable bonds is 7. The summed E-state index contributed by atoms with van der Waals surface area (Å²) in [5, 5.41) is 0. The maximum absolute atomic E-state index is 13.1. The van der Waals surface area contributed by atoms with Gasteiger partial charge in [0.05, 0.1) is 17.6 Å². The van der Waals surface area contributed by atoms with Gasteiger partial charge < -0.3 is 9.64 Å². The summed E-state index contributed by atoms with van der Waals surface area (Å²) in [4.78, 5) is 13.8. The third-order valence-corrected chi connectivity index (χ3v) is 6.46. The minimum atomic E-state index is -3.68. The van der Waals surface area contributed by atoms with Crippen LogP contribution in [0, 0.1) is 6.92 Å². The molecule has 146 valence electrons. The van der Waals surface area contributed by atoms with Crippen LogP contribution in [-0.2, 0) is 21.3 Å². The molecule has 2 aromatic rings. The first-order valence-corrected chi connectivity index (χ1v) is 10.1. The minimum absolute atomic E-state index is 0.196. The zero-order valence-corrected chi connectivity index (χ0v) is 17.2. The molecule has 0 unspecified atom stereocenters. The summed E-state index contributed by atoms with van der Waals surface area (Å²) in [5.41, 5.74) is 2.81. The van der Waals surface area contributed by atoms with Crippen molar-refractivity contribution >= 4 is 21.7 Å². The molecule has 0 aliphatic heterocycles. The van der Waals surface area contributed by atoms with E-state index in [1.54, 1.807) is 13.0 Å². The maximum Gasteiger partial charge on any atom is 0.337 e. The molecule has 0 aliphatic carbocycles. The monoisotopic (exact) mass is 390 g/mol. The normalized spacial score (nSPS) is 11.5. The average Bonchev–Trinajstić information content (AvgIpc) is 2.65. The second-order valence-corrected chi connectivity index (χ2v) is 8.37. The van der Waals surface area contributed by atoms with Crippen LogP contribution in [0.1, 0.15) is 28.4 Å². The van der Waals surface area contributed by atoms with Crippen LogP contribution in [0.2, 0.25) is 0 Å². The molecular weight excluding hydrogens is 364 g/mol. The van der Waals surface area contributed by atoms with Crippen molar-refractivity contribution in [3.63, 3.8) is 0 Å². The van der Waals surface area contributed by atoms with Crippen molar-refractivity contribution in [2.75, 3.05) is 32.6 Å². The highest BCUT2D eigenvalue weighted by Crippen LogP contribution is 2.23. The highest BCUT2D eigenvalue weighted by atomic mass is 32.2. The van der Waals surface area contributed by atoms with Gasteiger partial charge in [-0.05, 0) is 48.4 Å². The first-order valence-electron chi connectivity index (χ1n) is 8.66. The quantitative estimate of drug-likeness (QED) is 0.680. The van der Waals surface area contributed by atoms with E-state index in [9.17, 15) is 13.2 Å². The molecule has 0 radical (unpaired) electrons. The Labute approximate surface area is 161 Å². The Bertz CT molecular complexity index is 906. The Hall–Kier alpha value is -2.38. The number of anilines is 1. The first kappa shape index (κ1) is 20.9. The number of benzene rings is 2. The van der Waals surface area contributed by atoms with Gasteiger partial charge in [-0.1, -0.05) is 19.1 Å². The van der Waals surface area contributed by atoms with Crippen LogP contribution in [-0.4, -0.2) is 46.4 Å². The van der Waals surface area contributed by atoms with Crippen molar-refractivity contribution in [3.8, 4) is 0 Å². The number of nitrogens with zero attached hydrogens (tertiary/aromatic N) is 2. The number of carbonyl (C=O) groups excluding carboxylic acids is 1. The SMILES string of the molecule is CCN(Cc1ccc(N(C)C)cc1)S(=O)(=O)c1ccc(C(=O)OC)cc1C. The summed E-state index contributed by atoms with van der Waals surface area (Å²) in [6, 6.07) is 12.3. The van der Waals surface area contributed by atoms with Gasteiger partial charge in [0.1, 0.15) is 0 Å². The molecule has 6 nitrogen and oxygen atoms in total. The van der Waals surface area contributed by atoms with E-state index in [4.69, 9.17) is 0 Å². The second kappa shape index (κ2) is 8.54. The van der Waals surface area contributed by atoms with Crippen molar-refractivity contribution in [2.24, 2.45) is 0 Å². The standard InChI is InChI=1S/C20H26N2O4S/c1-6-22(14-16-7-10-18(11-8-16)21(3)4)27(24,25)19-12-9-17(13-15(19)2)20(23)26-5/h7-13H,6,14H2,1-5H3. The molecule has 0 bridgehead atoms. The molecule has 0 aliphatic rings. The predicted octanol–water partition coefficient (Wildman–Crippen LogP) is 3.06. The summed E-state index contributed by atoms with van der Waals surface area (Å²) in [6.07, 6.45) is 0. The molecule has 2 rings (SSSR count). The molecule has 2 aromatic carbocycles. The largest absolute Gasteiger partial charge is 0.465 e. The van der Waals surface area contributed by atoms with Crippen LogP contribution in [0.4, 0.5) is 5.69 Å². The molecule has 27 heavy (non-hydrogen) atoms. The Morgan fingerprint density at radius 2 is 1.70 bits per heavy atom. The van der Waals surface area contributed by atoms with Crippen LogP contribution in [0.3, 0.4) is 0 Å². The highest BCUT2D eigenvalue weighted by Gasteiger charge is 2.25. The number of hydrogen-bond acceptors (Lipinski definition) is 5. The minimum Gasteiger partial charge on any atom is -0.465 e. The van der Waals surface area contributed by atoms with Crippen molar-refractivity contribution in [1.29, 1.82) is 0 Å². The van der Waals surface area contributed by atoms with E-state index >= 15 is 0 Å². The van der Waals surface area contributed by atoms with Crippen molar-refractivity contribution in [2.45, 2.75) is 25.3 Å². The summed E-state index contributed by atoms with van der Waals surface area (Å²) in [6.45, 7) is 4.11. The molecule has 0 amide bonds. The van der Waals surface area contributed by atoms with Gasteiger partial charge in [0, 0.05) is 32.9 Å². The summed E-state index contributed by atoms with van der Waals surface area (Å²) < 4.78 is 32.3. The van der Waals surface area contributed by atoms with Crippen molar-refractivity contribution in [1.82, 2.24) is 4.31 Å². The lowest BCUT2D eigenvalue weighted by Crippen LogP contribution is -2.31. The van der Waals surface area contributed by atoms with Gasteiger partial charge >= 0.3 is 5.97 Å². The number of aryl methyl sites for hydroxylation is 1. The number of methoxy groups -OCH3 is 1. The van der Waals surface area contributed by atoms with Gasteiger partial charge in [0.25, 0.3) is 0 Å². The fraction of sp³-hybridized carbons (Fsp3) is 0.350. The lowest BCUT2D eigenvalue weighted by Gasteiger charge is -2.22.